The van der Waals surface area contributed by atoms with Crippen LogP contribution in [0.25, 0.3) is 0 Å². The lowest BCUT2D eigenvalue weighted by atomic mass is 9.79. The van der Waals surface area contributed by atoms with E-state index in [1.54, 1.807) is 0 Å². The molecule has 2 atom stereocenters. The number of nitrogens with one attached hydrogen (secondary N) is 1. The highest BCUT2D eigenvalue weighted by Gasteiger charge is 2.41. The van der Waals surface area contributed by atoms with E-state index in [1.807, 2.05) is 13.8 Å². The van der Waals surface area contributed by atoms with Crippen molar-refractivity contribution < 1.29 is 10.0 Å². The minimum absolute atomic E-state index is 0.0151. The van der Waals surface area contributed by atoms with Crippen LogP contribution in [-0.2, 0) is 4.79 Å². The fraction of sp³-hybridized carbons (Fsp3) is 0.867. The zero-order valence-corrected chi connectivity index (χ0v) is 13.0. The molecule has 0 aromatic carbocycles. The van der Waals surface area contributed by atoms with Crippen LogP contribution in [0.1, 0.15) is 65.7 Å². The Morgan fingerprint density at radius 1 is 1.30 bits per heavy atom. The zero-order chi connectivity index (χ0) is 15.2. The Morgan fingerprint density at radius 3 is 2.45 bits per heavy atom. The largest absolute Gasteiger partial charge is 0.409 e. The molecule has 0 aliphatic heterocycles. The van der Waals surface area contributed by atoms with E-state index >= 15 is 0 Å². The van der Waals surface area contributed by atoms with Gasteiger partial charge < -0.3 is 16.3 Å². The van der Waals surface area contributed by atoms with Crippen LogP contribution in [0.4, 0.5) is 0 Å². The maximum absolute atomic E-state index is 12.7. The van der Waals surface area contributed by atoms with Crippen molar-refractivity contribution in [2.24, 2.45) is 22.2 Å². The lowest BCUT2D eigenvalue weighted by Gasteiger charge is -2.32. The first-order valence-corrected chi connectivity index (χ1v) is 7.80. The van der Waals surface area contributed by atoms with E-state index in [4.69, 9.17) is 10.9 Å². The molecule has 0 bridgehead atoms. The van der Waals surface area contributed by atoms with E-state index in [-0.39, 0.29) is 17.8 Å². The molecule has 20 heavy (non-hydrogen) atoms. The zero-order valence-electron chi connectivity index (χ0n) is 13.0. The van der Waals surface area contributed by atoms with Gasteiger partial charge >= 0.3 is 0 Å². The molecule has 0 aromatic heterocycles. The SMILES string of the molecule is CCC(CC)(C(=O)NC1CCCCCC1C)C(N)=NO. The van der Waals surface area contributed by atoms with Crippen LogP contribution in [0.15, 0.2) is 5.16 Å². The Balaban J connectivity index is 2.85. The lowest BCUT2D eigenvalue weighted by molar-refractivity contribution is -0.129. The van der Waals surface area contributed by atoms with Gasteiger partial charge in [-0.25, -0.2) is 0 Å². The minimum Gasteiger partial charge on any atom is -0.409 e. The third kappa shape index (κ3) is 3.44. The normalized spacial score (nSPS) is 25.1. The summed E-state index contributed by atoms with van der Waals surface area (Å²) in [7, 11) is 0. The van der Waals surface area contributed by atoms with Crippen molar-refractivity contribution in [1.29, 1.82) is 0 Å². The molecule has 0 saturated heterocycles. The second kappa shape index (κ2) is 7.50. The fourth-order valence-electron chi connectivity index (χ4n) is 3.16. The van der Waals surface area contributed by atoms with Crippen LogP contribution >= 0.6 is 0 Å². The van der Waals surface area contributed by atoms with Gasteiger partial charge in [-0.05, 0) is 31.6 Å². The third-order valence-corrected chi connectivity index (χ3v) is 4.92. The molecule has 1 amide bonds. The number of carbonyl (C=O) groups excluding carboxylic acids is 1. The summed E-state index contributed by atoms with van der Waals surface area (Å²) in [5, 5.41) is 15.2. The van der Waals surface area contributed by atoms with Crippen molar-refractivity contribution in [1.82, 2.24) is 5.32 Å². The third-order valence-electron chi connectivity index (χ3n) is 4.92. The van der Waals surface area contributed by atoms with Gasteiger partial charge in [0, 0.05) is 6.04 Å². The van der Waals surface area contributed by atoms with Crippen LogP contribution < -0.4 is 11.1 Å². The van der Waals surface area contributed by atoms with E-state index < -0.39 is 5.41 Å². The first-order chi connectivity index (χ1) is 9.51. The predicted molar refractivity (Wildman–Crippen MR) is 80.6 cm³/mol. The molecular formula is C15H29N3O2. The Kier molecular flexibility index (Phi) is 6.30. The van der Waals surface area contributed by atoms with E-state index in [0.717, 1.165) is 19.3 Å². The van der Waals surface area contributed by atoms with E-state index in [2.05, 4.69) is 17.4 Å². The molecule has 1 saturated carbocycles. The molecule has 1 fully saturated rings. The molecule has 1 aliphatic carbocycles. The average Bonchev–Trinajstić information content (AvgIpc) is 2.66. The summed E-state index contributed by atoms with van der Waals surface area (Å²) in [4.78, 5) is 12.7. The fourth-order valence-corrected chi connectivity index (χ4v) is 3.16. The maximum atomic E-state index is 12.7. The van der Waals surface area contributed by atoms with Crippen LogP contribution in [0.3, 0.4) is 0 Å². The summed E-state index contributed by atoms with van der Waals surface area (Å²) in [6, 6.07) is 0.203. The monoisotopic (exact) mass is 283 g/mol. The number of carbonyl (C=O) groups is 1. The topological polar surface area (TPSA) is 87.7 Å². The number of amides is 1. The predicted octanol–water partition coefficient (Wildman–Crippen LogP) is 2.62. The van der Waals surface area contributed by atoms with E-state index in [0.29, 0.717) is 18.8 Å². The molecule has 0 heterocycles. The second-order valence-electron chi connectivity index (χ2n) is 5.97. The summed E-state index contributed by atoms with van der Waals surface area (Å²) in [5.74, 6) is 0.401. The number of nitrogens with two attached hydrogens (primary N) is 1. The summed E-state index contributed by atoms with van der Waals surface area (Å²) in [6.45, 7) is 5.99. The molecule has 0 spiro atoms. The molecule has 0 radical (unpaired) electrons. The van der Waals surface area contributed by atoms with Crippen molar-refractivity contribution in [3.05, 3.63) is 0 Å². The smallest absolute Gasteiger partial charge is 0.234 e. The van der Waals surface area contributed by atoms with Crippen molar-refractivity contribution in [3.8, 4) is 0 Å². The van der Waals surface area contributed by atoms with Gasteiger partial charge in [0.2, 0.25) is 5.91 Å². The lowest BCUT2D eigenvalue weighted by Crippen LogP contribution is -2.53. The molecule has 4 N–H and O–H groups in total. The highest BCUT2D eigenvalue weighted by molar-refractivity contribution is 6.06. The number of rotatable bonds is 5. The van der Waals surface area contributed by atoms with Crippen LogP contribution in [0.5, 0.6) is 0 Å². The van der Waals surface area contributed by atoms with Gasteiger partial charge in [0.1, 0.15) is 5.41 Å². The first-order valence-electron chi connectivity index (χ1n) is 7.80. The van der Waals surface area contributed by atoms with Gasteiger partial charge in [-0.3, -0.25) is 4.79 Å². The second-order valence-corrected chi connectivity index (χ2v) is 5.97. The highest BCUT2D eigenvalue weighted by Crippen LogP contribution is 2.29. The average molecular weight is 283 g/mol. The summed E-state index contributed by atoms with van der Waals surface area (Å²) in [5.41, 5.74) is 4.90. The molecular weight excluding hydrogens is 254 g/mol. The Hall–Kier alpha value is -1.26. The summed E-state index contributed by atoms with van der Waals surface area (Å²) >= 11 is 0. The van der Waals surface area contributed by atoms with Gasteiger partial charge in [0.25, 0.3) is 0 Å². The van der Waals surface area contributed by atoms with Gasteiger partial charge in [0.15, 0.2) is 5.84 Å². The maximum Gasteiger partial charge on any atom is 0.234 e. The number of oxime groups is 1. The van der Waals surface area contributed by atoms with Crippen molar-refractivity contribution in [3.63, 3.8) is 0 Å². The number of amidine groups is 1. The van der Waals surface area contributed by atoms with Crippen molar-refractivity contribution in [2.45, 2.75) is 71.8 Å². The molecule has 0 aromatic rings. The Morgan fingerprint density at radius 2 is 1.90 bits per heavy atom. The molecule has 5 nitrogen and oxygen atoms in total. The molecule has 5 heteroatoms. The van der Waals surface area contributed by atoms with Gasteiger partial charge in [-0.1, -0.05) is 45.2 Å². The minimum atomic E-state index is -0.888. The Labute approximate surface area is 122 Å². The molecule has 2 unspecified atom stereocenters. The standard InChI is InChI=1S/C15H29N3O2/c1-4-15(5-2,13(16)18-20)14(19)17-12-10-8-6-7-9-11(12)3/h11-12,20H,4-10H2,1-3H3,(H2,16,18)(H,17,19). The van der Waals surface area contributed by atoms with Crippen LogP contribution in [-0.4, -0.2) is 23.0 Å². The van der Waals surface area contributed by atoms with Crippen molar-refractivity contribution >= 4 is 11.7 Å². The van der Waals surface area contributed by atoms with Gasteiger partial charge in [0.05, 0.1) is 0 Å². The van der Waals surface area contributed by atoms with Crippen LogP contribution in [0.2, 0.25) is 0 Å². The number of nitrogens with zero attached hydrogens (tertiary/aromatic N) is 1. The summed E-state index contributed by atoms with van der Waals surface area (Å²) in [6.07, 6.45) is 6.87. The first kappa shape index (κ1) is 16.8. The summed E-state index contributed by atoms with van der Waals surface area (Å²) < 4.78 is 0. The van der Waals surface area contributed by atoms with Gasteiger partial charge in [-0.2, -0.15) is 0 Å². The molecule has 1 aliphatic rings. The number of hydrogen-bond acceptors (Lipinski definition) is 3. The van der Waals surface area contributed by atoms with Crippen LogP contribution in [0, 0.1) is 11.3 Å². The number of hydrogen-bond donors (Lipinski definition) is 3. The molecule has 116 valence electrons. The quantitative estimate of drug-likeness (QED) is 0.238. The van der Waals surface area contributed by atoms with E-state index in [9.17, 15) is 4.79 Å². The van der Waals surface area contributed by atoms with Crippen molar-refractivity contribution in [2.75, 3.05) is 0 Å². The molecule has 1 rings (SSSR count). The van der Waals surface area contributed by atoms with E-state index in [1.165, 1.54) is 12.8 Å². The Bertz CT molecular complexity index is 351. The van der Waals surface area contributed by atoms with Gasteiger partial charge in [-0.15, -0.1) is 0 Å². The highest BCUT2D eigenvalue weighted by atomic mass is 16.4.